The van der Waals surface area contributed by atoms with E-state index < -0.39 is 41.1 Å². The molecule has 1 unspecified atom stereocenters. The lowest BCUT2D eigenvalue weighted by molar-refractivity contribution is -0.312. The second kappa shape index (κ2) is 8.22. The second-order valence-electron chi connectivity index (χ2n) is 13.7. The van der Waals surface area contributed by atoms with E-state index in [9.17, 15) is 15.0 Å². The molecule has 1 aromatic heterocycles. The first-order valence-electron chi connectivity index (χ1n) is 14.4. The number of aliphatic hydroxyl groups excluding tert-OH is 1. The van der Waals surface area contributed by atoms with Gasteiger partial charge in [0, 0.05) is 11.3 Å². The summed E-state index contributed by atoms with van der Waals surface area (Å²) in [6.07, 6.45) is 3.58. The first kappa shape index (κ1) is 26.3. The molecule has 1 spiro atoms. The number of ether oxygens (including phenoxy) is 3. The number of hydrogen-bond acceptors (Lipinski definition) is 8. The second-order valence-corrected chi connectivity index (χ2v) is 13.7. The van der Waals surface area contributed by atoms with Crippen molar-refractivity contribution in [3.8, 4) is 0 Å². The van der Waals surface area contributed by atoms with Crippen LogP contribution in [0, 0.1) is 34.5 Å². The molecule has 1 saturated heterocycles. The van der Waals surface area contributed by atoms with Crippen LogP contribution in [0.1, 0.15) is 58.3 Å². The third-order valence-corrected chi connectivity index (χ3v) is 10.9. The molecule has 5 aliphatic rings. The SMILES string of the molecule is CC1=C[C@]23C(O)[C@@H](C=C4COC(C)(C)O[C@H]4[C@]2(O)[C@H]1OC(=O)c1cnnc2ccccc12)[C@H]1[C@@H](C[C@H]3C)C1(C)C. The molecule has 3 fully saturated rings. The normalized spacial score (nSPS) is 42.4. The standard InChI is InChI=1S/C32H38N2O6/c1-16-13-31-17(2)11-22-24(29(22,3)4)20(25(31)35)12-18-15-38-30(5,6)40-27(18)32(31,37)26(16)39-28(36)21-14-33-34-23-10-8-7-9-19(21)23/h7-10,12-14,17,20,22,24-27,35,37H,11,15H2,1-6H3/t17-,20+,22-,24+,25?,26+,27-,31+,32-/m1/s1. The van der Waals surface area contributed by atoms with Crippen LogP contribution in [0.15, 0.2) is 53.8 Å². The molecule has 1 aliphatic heterocycles. The van der Waals surface area contributed by atoms with E-state index in [0.717, 1.165) is 12.0 Å². The van der Waals surface area contributed by atoms with Crippen LogP contribution in [-0.2, 0) is 14.2 Å². The first-order valence-corrected chi connectivity index (χ1v) is 14.4. The minimum Gasteiger partial charge on any atom is -0.451 e. The van der Waals surface area contributed by atoms with Crippen LogP contribution >= 0.6 is 0 Å². The van der Waals surface area contributed by atoms with Gasteiger partial charge >= 0.3 is 5.97 Å². The zero-order valence-electron chi connectivity index (χ0n) is 23.9. The quantitative estimate of drug-likeness (QED) is 0.426. The molecule has 4 aliphatic carbocycles. The summed E-state index contributed by atoms with van der Waals surface area (Å²) in [5.41, 5.74) is -0.409. The van der Waals surface area contributed by atoms with Crippen LogP contribution in [-0.4, -0.2) is 62.7 Å². The highest BCUT2D eigenvalue weighted by Gasteiger charge is 2.77. The maximum Gasteiger partial charge on any atom is 0.341 e. The van der Waals surface area contributed by atoms with Gasteiger partial charge in [-0.2, -0.15) is 10.2 Å². The number of nitrogens with zero attached hydrogens (tertiary/aromatic N) is 2. The van der Waals surface area contributed by atoms with E-state index in [-0.39, 0.29) is 35.3 Å². The van der Waals surface area contributed by atoms with Gasteiger partial charge in [-0.1, -0.05) is 51.1 Å². The van der Waals surface area contributed by atoms with Crippen LogP contribution < -0.4 is 0 Å². The Balaban J connectivity index is 1.38. The van der Waals surface area contributed by atoms with Gasteiger partial charge in [0.05, 0.1) is 35.4 Å². The number of esters is 1. The third kappa shape index (κ3) is 3.25. The van der Waals surface area contributed by atoms with Gasteiger partial charge in [-0.3, -0.25) is 0 Å². The van der Waals surface area contributed by atoms with Gasteiger partial charge in [-0.15, -0.1) is 0 Å². The van der Waals surface area contributed by atoms with Crippen molar-refractivity contribution in [3.05, 3.63) is 59.3 Å². The van der Waals surface area contributed by atoms with Crippen molar-refractivity contribution < 1.29 is 29.2 Å². The number of aliphatic hydroxyl groups is 2. The van der Waals surface area contributed by atoms with Crippen molar-refractivity contribution in [1.82, 2.24) is 10.2 Å². The fourth-order valence-electron chi connectivity index (χ4n) is 8.95. The van der Waals surface area contributed by atoms with Crippen molar-refractivity contribution in [2.24, 2.45) is 34.5 Å². The van der Waals surface area contributed by atoms with E-state index in [1.54, 1.807) is 12.1 Å². The number of hydrogen-bond donors (Lipinski definition) is 2. The number of fused-ring (bicyclic) bond motifs is 6. The summed E-state index contributed by atoms with van der Waals surface area (Å²) >= 11 is 0. The predicted octanol–water partition coefficient (Wildman–Crippen LogP) is 4.21. The summed E-state index contributed by atoms with van der Waals surface area (Å²) in [4.78, 5) is 13.8. The summed E-state index contributed by atoms with van der Waals surface area (Å²) in [6.45, 7) is 12.5. The molecule has 8 nitrogen and oxygen atoms in total. The Morgan fingerprint density at radius 2 is 1.93 bits per heavy atom. The maximum absolute atomic E-state index is 13.8. The molecule has 2 N–H and O–H groups in total. The van der Waals surface area contributed by atoms with Crippen molar-refractivity contribution in [3.63, 3.8) is 0 Å². The minimum absolute atomic E-state index is 0.0881. The zero-order valence-corrected chi connectivity index (χ0v) is 23.9. The highest BCUT2D eigenvalue weighted by atomic mass is 16.7. The first-order chi connectivity index (χ1) is 18.8. The van der Waals surface area contributed by atoms with Gasteiger partial charge in [-0.25, -0.2) is 4.79 Å². The van der Waals surface area contributed by atoms with E-state index in [0.29, 0.717) is 22.4 Å². The third-order valence-electron chi connectivity index (χ3n) is 10.9. The Kier molecular flexibility index (Phi) is 5.39. The van der Waals surface area contributed by atoms with Gasteiger partial charge in [0.2, 0.25) is 0 Å². The molecule has 2 aromatic rings. The highest BCUT2D eigenvalue weighted by Crippen LogP contribution is 2.73. The lowest BCUT2D eigenvalue weighted by Gasteiger charge is -2.55. The van der Waals surface area contributed by atoms with E-state index in [2.05, 4.69) is 37.0 Å². The largest absolute Gasteiger partial charge is 0.451 e. The van der Waals surface area contributed by atoms with Gasteiger partial charge in [0.1, 0.15) is 11.7 Å². The number of benzene rings is 1. The lowest BCUT2D eigenvalue weighted by atomic mass is 9.58. The molecule has 212 valence electrons. The van der Waals surface area contributed by atoms with Crippen molar-refractivity contribution in [2.45, 2.75) is 77.7 Å². The van der Waals surface area contributed by atoms with Crippen LogP contribution in [0.4, 0.5) is 0 Å². The molecule has 9 atom stereocenters. The molecule has 2 saturated carbocycles. The number of carbonyl (C=O) groups is 1. The molecule has 8 heteroatoms. The summed E-state index contributed by atoms with van der Waals surface area (Å²) in [6, 6.07) is 7.27. The van der Waals surface area contributed by atoms with E-state index in [4.69, 9.17) is 14.2 Å². The molecule has 0 amide bonds. The fourth-order valence-corrected chi connectivity index (χ4v) is 8.95. The summed E-state index contributed by atoms with van der Waals surface area (Å²) in [5.74, 6) is -1.16. The summed E-state index contributed by atoms with van der Waals surface area (Å²) in [7, 11) is 0. The Labute approximate surface area is 234 Å². The molecule has 2 bridgehead atoms. The smallest absolute Gasteiger partial charge is 0.341 e. The van der Waals surface area contributed by atoms with Crippen LogP contribution in [0.5, 0.6) is 0 Å². The van der Waals surface area contributed by atoms with Crippen molar-refractivity contribution >= 4 is 16.9 Å². The van der Waals surface area contributed by atoms with Crippen molar-refractivity contribution in [1.29, 1.82) is 0 Å². The molecule has 2 heterocycles. The van der Waals surface area contributed by atoms with Gasteiger partial charge < -0.3 is 24.4 Å². The average molecular weight is 547 g/mol. The van der Waals surface area contributed by atoms with Crippen molar-refractivity contribution in [2.75, 3.05) is 6.61 Å². The molecular formula is C32H38N2O6. The van der Waals surface area contributed by atoms with Crippen LogP contribution in [0.2, 0.25) is 0 Å². The molecular weight excluding hydrogens is 508 g/mol. The lowest BCUT2D eigenvalue weighted by Crippen LogP contribution is -2.69. The Bertz CT molecular complexity index is 1480. The van der Waals surface area contributed by atoms with E-state index >= 15 is 0 Å². The minimum atomic E-state index is -1.76. The molecule has 40 heavy (non-hydrogen) atoms. The number of aromatic nitrogens is 2. The van der Waals surface area contributed by atoms with Crippen LogP contribution in [0.3, 0.4) is 0 Å². The van der Waals surface area contributed by atoms with Crippen LogP contribution in [0.25, 0.3) is 10.9 Å². The highest BCUT2D eigenvalue weighted by molar-refractivity contribution is 6.02. The molecule has 0 radical (unpaired) electrons. The van der Waals surface area contributed by atoms with Gasteiger partial charge in [0.15, 0.2) is 11.9 Å². The maximum atomic E-state index is 13.8. The number of rotatable bonds is 2. The Morgan fingerprint density at radius 3 is 2.70 bits per heavy atom. The number of carbonyl (C=O) groups excluding carboxylic acids is 1. The van der Waals surface area contributed by atoms with E-state index in [1.807, 2.05) is 39.0 Å². The molecule has 1 aromatic carbocycles. The summed E-state index contributed by atoms with van der Waals surface area (Å²) in [5, 5.41) is 34.4. The van der Waals surface area contributed by atoms with Gasteiger partial charge in [-0.05, 0) is 67.6 Å². The topological polar surface area (TPSA) is 111 Å². The van der Waals surface area contributed by atoms with E-state index in [1.165, 1.54) is 6.20 Å². The predicted molar refractivity (Wildman–Crippen MR) is 147 cm³/mol. The van der Waals surface area contributed by atoms with Gasteiger partial charge in [0.25, 0.3) is 0 Å². The monoisotopic (exact) mass is 546 g/mol. The average Bonchev–Trinajstić information content (AvgIpc) is 3.40. The Hall–Kier alpha value is -2.65. The zero-order chi connectivity index (χ0) is 28.4. The fraction of sp³-hybridized carbons (Fsp3) is 0.594. The summed E-state index contributed by atoms with van der Waals surface area (Å²) < 4.78 is 18.9. The molecule has 7 rings (SSSR count). The Morgan fingerprint density at radius 1 is 1.18 bits per heavy atom.